The summed E-state index contributed by atoms with van der Waals surface area (Å²) in [6.07, 6.45) is 0. The number of hydrogen-bond acceptors (Lipinski definition) is 3. The fourth-order valence-corrected chi connectivity index (χ4v) is 2.29. The largest absolute Gasteiger partial charge is 0.485 e. The molecule has 0 aliphatic rings. The van der Waals surface area contributed by atoms with Gasteiger partial charge in [-0.05, 0) is 35.7 Å². The number of furan rings is 1. The molecule has 0 spiro atoms. The summed E-state index contributed by atoms with van der Waals surface area (Å²) in [7, 11) is 0. The molecule has 0 bridgehead atoms. The van der Waals surface area contributed by atoms with Crippen molar-refractivity contribution in [1.82, 2.24) is 0 Å². The summed E-state index contributed by atoms with van der Waals surface area (Å²) in [5, 5.41) is 8.82. The Morgan fingerprint density at radius 3 is 2.57 bits per heavy atom. The summed E-state index contributed by atoms with van der Waals surface area (Å²) in [6, 6.07) is 8.87. The third-order valence-electron chi connectivity index (χ3n) is 2.99. The van der Waals surface area contributed by atoms with E-state index in [4.69, 9.17) is 14.3 Å². The average molecular weight is 353 g/mol. The summed E-state index contributed by atoms with van der Waals surface area (Å²) >= 11 is 3.46. The van der Waals surface area contributed by atoms with E-state index in [0.29, 0.717) is 5.76 Å². The summed E-state index contributed by atoms with van der Waals surface area (Å²) in [6.45, 7) is 6.52. The van der Waals surface area contributed by atoms with Crippen LogP contribution < -0.4 is 4.74 Å². The summed E-state index contributed by atoms with van der Waals surface area (Å²) in [4.78, 5) is 10.8. The molecule has 2 rings (SSSR count). The van der Waals surface area contributed by atoms with Crippen LogP contribution in [-0.4, -0.2) is 11.1 Å². The lowest BCUT2D eigenvalue weighted by molar-refractivity contribution is 0.0658. The van der Waals surface area contributed by atoms with Gasteiger partial charge in [0.25, 0.3) is 0 Å². The summed E-state index contributed by atoms with van der Waals surface area (Å²) < 4.78 is 12.0. The third-order valence-corrected chi connectivity index (χ3v) is 3.49. The highest BCUT2D eigenvalue weighted by Gasteiger charge is 2.20. The van der Waals surface area contributed by atoms with E-state index in [-0.39, 0.29) is 17.8 Å². The Bertz CT molecular complexity index is 653. The fourth-order valence-electron chi connectivity index (χ4n) is 1.93. The molecular weight excluding hydrogens is 336 g/mol. The zero-order chi connectivity index (χ0) is 15.6. The fraction of sp³-hybridized carbons (Fsp3) is 0.312. The van der Waals surface area contributed by atoms with Gasteiger partial charge in [0, 0.05) is 10.0 Å². The Morgan fingerprint density at radius 2 is 2.00 bits per heavy atom. The van der Waals surface area contributed by atoms with Crippen LogP contribution in [0.4, 0.5) is 0 Å². The minimum Gasteiger partial charge on any atom is -0.485 e. The first-order chi connectivity index (χ1) is 9.77. The number of carboxylic acid groups (broad SMARTS) is 1. The van der Waals surface area contributed by atoms with Crippen molar-refractivity contribution in [1.29, 1.82) is 0 Å². The number of rotatable bonds is 4. The molecule has 1 aromatic heterocycles. The van der Waals surface area contributed by atoms with E-state index in [1.54, 1.807) is 6.07 Å². The number of carboxylic acids is 1. The van der Waals surface area contributed by atoms with Gasteiger partial charge in [0.1, 0.15) is 18.1 Å². The summed E-state index contributed by atoms with van der Waals surface area (Å²) in [5.41, 5.74) is 1.01. The minimum absolute atomic E-state index is 0.0610. The van der Waals surface area contributed by atoms with Crippen molar-refractivity contribution < 1.29 is 19.1 Å². The molecule has 21 heavy (non-hydrogen) atoms. The second-order valence-electron chi connectivity index (χ2n) is 5.75. The molecule has 0 amide bonds. The van der Waals surface area contributed by atoms with Gasteiger partial charge >= 0.3 is 5.97 Å². The van der Waals surface area contributed by atoms with Gasteiger partial charge in [-0.15, -0.1) is 0 Å². The highest BCUT2D eigenvalue weighted by molar-refractivity contribution is 9.10. The first-order valence-electron chi connectivity index (χ1n) is 6.52. The Morgan fingerprint density at radius 1 is 1.29 bits per heavy atom. The molecule has 1 heterocycles. The maximum absolute atomic E-state index is 10.8. The number of hydrogen-bond donors (Lipinski definition) is 1. The lowest BCUT2D eigenvalue weighted by Crippen LogP contribution is -2.13. The first kappa shape index (κ1) is 15.6. The predicted molar refractivity (Wildman–Crippen MR) is 82.8 cm³/mol. The van der Waals surface area contributed by atoms with Crippen LogP contribution in [-0.2, 0) is 12.0 Å². The molecule has 0 saturated heterocycles. The smallest absolute Gasteiger partial charge is 0.371 e. The van der Waals surface area contributed by atoms with Crippen LogP contribution in [0, 0.1) is 0 Å². The Balaban J connectivity index is 2.18. The molecule has 0 aliphatic carbocycles. The lowest BCUT2D eigenvalue weighted by atomic mass is 9.86. The molecule has 2 aromatic rings. The van der Waals surface area contributed by atoms with Crippen LogP contribution in [0.3, 0.4) is 0 Å². The van der Waals surface area contributed by atoms with E-state index in [1.165, 1.54) is 6.07 Å². The van der Waals surface area contributed by atoms with Crippen LogP contribution in [0.5, 0.6) is 5.75 Å². The van der Waals surface area contributed by atoms with E-state index in [1.807, 2.05) is 18.2 Å². The molecule has 0 saturated carbocycles. The first-order valence-corrected chi connectivity index (χ1v) is 7.31. The molecule has 0 unspecified atom stereocenters. The third kappa shape index (κ3) is 3.88. The molecule has 4 nitrogen and oxygen atoms in total. The van der Waals surface area contributed by atoms with Crippen LogP contribution >= 0.6 is 15.9 Å². The highest BCUT2D eigenvalue weighted by atomic mass is 79.9. The lowest BCUT2D eigenvalue weighted by Gasteiger charge is -2.23. The van der Waals surface area contributed by atoms with E-state index in [0.717, 1.165) is 15.8 Å². The van der Waals surface area contributed by atoms with Gasteiger partial charge < -0.3 is 14.3 Å². The van der Waals surface area contributed by atoms with Gasteiger partial charge in [-0.25, -0.2) is 4.79 Å². The molecule has 1 aromatic carbocycles. The predicted octanol–water partition coefficient (Wildman–Crippen LogP) is 4.62. The SMILES string of the molecule is CC(C)(C)c1cc(Br)ccc1OCc1ccc(C(=O)O)o1. The van der Waals surface area contributed by atoms with Gasteiger partial charge in [0.05, 0.1) is 0 Å². The number of benzene rings is 1. The molecule has 0 aliphatic heterocycles. The molecule has 0 atom stereocenters. The topological polar surface area (TPSA) is 59.7 Å². The standard InChI is InChI=1S/C16H17BrO4/c1-16(2,3)12-8-10(17)4-6-13(12)20-9-11-5-7-14(21-11)15(18)19/h4-8H,9H2,1-3H3,(H,18,19). The van der Waals surface area contributed by atoms with Crippen molar-refractivity contribution >= 4 is 21.9 Å². The monoisotopic (exact) mass is 352 g/mol. The molecule has 0 radical (unpaired) electrons. The number of aromatic carboxylic acids is 1. The zero-order valence-corrected chi connectivity index (χ0v) is 13.7. The van der Waals surface area contributed by atoms with Crippen LogP contribution in [0.2, 0.25) is 0 Å². The number of ether oxygens (including phenoxy) is 1. The zero-order valence-electron chi connectivity index (χ0n) is 12.1. The van der Waals surface area contributed by atoms with Gasteiger partial charge in [0.15, 0.2) is 0 Å². The second-order valence-corrected chi connectivity index (χ2v) is 6.67. The van der Waals surface area contributed by atoms with Crippen LogP contribution in [0.1, 0.15) is 42.6 Å². The molecule has 112 valence electrons. The highest BCUT2D eigenvalue weighted by Crippen LogP contribution is 2.34. The molecular formula is C16H17BrO4. The van der Waals surface area contributed by atoms with Gasteiger partial charge in [0.2, 0.25) is 5.76 Å². The van der Waals surface area contributed by atoms with Crippen molar-refractivity contribution in [2.24, 2.45) is 0 Å². The average Bonchev–Trinajstić information content (AvgIpc) is 2.85. The van der Waals surface area contributed by atoms with Crippen LogP contribution in [0.15, 0.2) is 39.2 Å². The van der Waals surface area contributed by atoms with Crippen LogP contribution in [0.25, 0.3) is 0 Å². The van der Waals surface area contributed by atoms with E-state index in [9.17, 15) is 4.79 Å². The normalized spacial score (nSPS) is 11.4. The molecule has 1 N–H and O–H groups in total. The quantitative estimate of drug-likeness (QED) is 0.872. The van der Waals surface area contributed by atoms with Crippen molar-refractivity contribution in [2.75, 3.05) is 0 Å². The Labute approximate surface area is 131 Å². The van der Waals surface area contributed by atoms with E-state index in [2.05, 4.69) is 36.7 Å². The van der Waals surface area contributed by atoms with Gasteiger partial charge in [-0.2, -0.15) is 0 Å². The van der Waals surface area contributed by atoms with E-state index >= 15 is 0 Å². The van der Waals surface area contributed by atoms with Crippen molar-refractivity contribution in [3.63, 3.8) is 0 Å². The van der Waals surface area contributed by atoms with Gasteiger partial charge in [-0.3, -0.25) is 0 Å². The molecule has 0 fully saturated rings. The van der Waals surface area contributed by atoms with Crippen molar-refractivity contribution in [3.05, 3.63) is 51.9 Å². The van der Waals surface area contributed by atoms with Crippen molar-refractivity contribution in [2.45, 2.75) is 32.8 Å². The van der Waals surface area contributed by atoms with Crippen molar-refractivity contribution in [3.8, 4) is 5.75 Å². The van der Waals surface area contributed by atoms with E-state index < -0.39 is 5.97 Å². The Kier molecular flexibility index (Phi) is 4.42. The molecule has 5 heteroatoms. The van der Waals surface area contributed by atoms with Gasteiger partial charge in [-0.1, -0.05) is 36.7 Å². The maximum Gasteiger partial charge on any atom is 0.371 e. The maximum atomic E-state index is 10.8. The Hall–Kier alpha value is -1.75. The number of halogens is 1. The minimum atomic E-state index is -1.08. The second kappa shape index (κ2) is 5.93. The number of carbonyl (C=O) groups is 1. The summed E-state index contributed by atoms with van der Waals surface area (Å²) in [5.74, 6) is 0.0786.